The largest absolute Gasteiger partial charge is 0.497 e. The number of halogens is 1. The van der Waals surface area contributed by atoms with Crippen molar-refractivity contribution in [1.82, 2.24) is 0 Å². The molecule has 40 heavy (non-hydrogen) atoms. The zero-order chi connectivity index (χ0) is 28.5. The first-order chi connectivity index (χ1) is 19.4. The van der Waals surface area contributed by atoms with Gasteiger partial charge in [-0.25, -0.2) is 0 Å². The van der Waals surface area contributed by atoms with E-state index in [9.17, 15) is 15.0 Å². The summed E-state index contributed by atoms with van der Waals surface area (Å²) in [5.41, 5.74) is -2.30. The summed E-state index contributed by atoms with van der Waals surface area (Å²) >= 11 is 5.80. The first kappa shape index (κ1) is 28.1. The minimum absolute atomic E-state index is 0.235. The maximum absolute atomic E-state index is 13.3. The second-order valence-corrected chi connectivity index (χ2v) is 10.3. The first-order valence-electron chi connectivity index (χ1n) is 13.1. The van der Waals surface area contributed by atoms with Gasteiger partial charge in [0.2, 0.25) is 0 Å². The standard InChI is InChI=1S/C31H33ClO8/c1-36-21-13-11-20(12-14-21)31-26(19-9-5-4-6-10-19)25(29(34)38-3)28(33)30(31,35)27-23(37-2)17-22(18-24(27)40-31)39-16-8-7-15-32/h4-6,9-14,17-18,25-26,28,33,35H,7-8,15-16H2,1-3H3/t25?,26-,28-,30+,31+/m0/s1. The molecule has 0 aromatic heterocycles. The van der Waals surface area contributed by atoms with Crippen LogP contribution in [0.1, 0.15) is 35.4 Å². The maximum atomic E-state index is 13.3. The number of fused-ring (bicyclic) bond motifs is 3. The number of alkyl halides is 1. The van der Waals surface area contributed by atoms with E-state index < -0.39 is 35.1 Å². The molecule has 1 aliphatic carbocycles. The van der Waals surface area contributed by atoms with Crippen LogP contribution in [0.5, 0.6) is 23.0 Å². The van der Waals surface area contributed by atoms with E-state index in [0.29, 0.717) is 35.1 Å². The Labute approximate surface area is 238 Å². The monoisotopic (exact) mass is 568 g/mol. The molecule has 1 heterocycles. The average molecular weight is 569 g/mol. The quantitative estimate of drug-likeness (QED) is 0.209. The molecule has 9 heteroatoms. The van der Waals surface area contributed by atoms with Gasteiger partial charge in [-0.3, -0.25) is 4.79 Å². The highest BCUT2D eigenvalue weighted by molar-refractivity contribution is 6.17. The molecule has 2 N–H and O–H groups in total. The molecule has 0 radical (unpaired) electrons. The number of methoxy groups -OCH3 is 3. The van der Waals surface area contributed by atoms with Crippen molar-refractivity contribution < 1.29 is 38.7 Å². The molecule has 5 rings (SSSR count). The van der Waals surface area contributed by atoms with Crippen LogP contribution in [0.15, 0.2) is 66.7 Å². The lowest BCUT2D eigenvalue weighted by Crippen LogP contribution is -2.52. The SMILES string of the molecule is COC(=O)C1[C@H](O)[C@]2(O)c3c(OC)cc(OCCCCCl)cc3O[C@]2(c2ccc(OC)cc2)[C@H]1c1ccccc1. The molecular formula is C31H33ClO8. The molecule has 2 aliphatic rings. The molecule has 1 saturated carbocycles. The van der Waals surface area contributed by atoms with Crippen molar-refractivity contribution in [3.8, 4) is 23.0 Å². The third kappa shape index (κ3) is 4.17. The van der Waals surface area contributed by atoms with Gasteiger partial charge in [-0.15, -0.1) is 11.6 Å². The molecule has 1 unspecified atom stereocenters. The summed E-state index contributed by atoms with van der Waals surface area (Å²) < 4.78 is 29.1. The van der Waals surface area contributed by atoms with E-state index in [0.717, 1.165) is 12.8 Å². The number of rotatable bonds is 10. The number of ether oxygens (including phenoxy) is 5. The number of aliphatic hydroxyl groups excluding tert-OH is 1. The van der Waals surface area contributed by atoms with Gasteiger partial charge in [-0.05, 0) is 36.1 Å². The number of unbranched alkanes of at least 4 members (excludes halogenated alkanes) is 1. The highest BCUT2D eigenvalue weighted by Crippen LogP contribution is 2.70. The fourth-order valence-electron chi connectivity index (χ4n) is 6.25. The number of hydrogen-bond acceptors (Lipinski definition) is 8. The highest BCUT2D eigenvalue weighted by Gasteiger charge is 2.78. The summed E-state index contributed by atoms with van der Waals surface area (Å²) in [5.74, 6) is -0.508. The predicted molar refractivity (Wildman–Crippen MR) is 148 cm³/mol. The second-order valence-electron chi connectivity index (χ2n) is 9.96. The Hall–Kier alpha value is -3.46. The van der Waals surface area contributed by atoms with Crippen molar-refractivity contribution >= 4 is 17.6 Å². The number of esters is 1. The van der Waals surface area contributed by atoms with E-state index in [2.05, 4.69) is 0 Å². The average Bonchev–Trinajstić information content (AvgIpc) is 3.37. The van der Waals surface area contributed by atoms with Crippen molar-refractivity contribution in [2.75, 3.05) is 33.8 Å². The Bertz CT molecular complexity index is 1350. The Morgan fingerprint density at radius 2 is 1.70 bits per heavy atom. The topological polar surface area (TPSA) is 104 Å². The predicted octanol–water partition coefficient (Wildman–Crippen LogP) is 4.52. The van der Waals surface area contributed by atoms with E-state index in [4.69, 9.17) is 35.3 Å². The van der Waals surface area contributed by atoms with Crippen LogP contribution in [0.3, 0.4) is 0 Å². The Balaban J connectivity index is 1.76. The zero-order valence-corrected chi connectivity index (χ0v) is 23.4. The summed E-state index contributed by atoms with van der Waals surface area (Å²) in [6, 6.07) is 19.6. The lowest BCUT2D eigenvalue weighted by molar-refractivity contribution is -0.161. The van der Waals surface area contributed by atoms with Crippen LogP contribution in [0.4, 0.5) is 0 Å². The second kappa shape index (κ2) is 11.2. The molecule has 5 atom stereocenters. The van der Waals surface area contributed by atoms with E-state index in [1.807, 2.05) is 30.3 Å². The summed E-state index contributed by atoms with van der Waals surface area (Å²) in [6.07, 6.45) is -0.0442. The fraction of sp³-hybridized carbons (Fsp3) is 0.387. The van der Waals surface area contributed by atoms with Gasteiger partial charge in [0, 0.05) is 23.9 Å². The Morgan fingerprint density at radius 3 is 2.33 bits per heavy atom. The van der Waals surface area contributed by atoms with Crippen molar-refractivity contribution in [3.63, 3.8) is 0 Å². The highest BCUT2D eigenvalue weighted by atomic mass is 35.5. The summed E-state index contributed by atoms with van der Waals surface area (Å²) in [4.78, 5) is 13.3. The number of benzene rings is 3. The van der Waals surface area contributed by atoms with Gasteiger partial charge in [0.1, 0.15) is 29.1 Å². The van der Waals surface area contributed by atoms with Gasteiger partial charge in [-0.2, -0.15) is 0 Å². The van der Waals surface area contributed by atoms with Crippen LogP contribution in [0.25, 0.3) is 0 Å². The summed E-state index contributed by atoms with van der Waals surface area (Å²) in [5, 5.41) is 24.8. The molecule has 0 amide bonds. The molecule has 0 bridgehead atoms. The molecule has 8 nitrogen and oxygen atoms in total. The minimum atomic E-state index is -2.11. The van der Waals surface area contributed by atoms with E-state index in [-0.39, 0.29) is 17.1 Å². The van der Waals surface area contributed by atoms with Crippen molar-refractivity contribution in [2.24, 2.45) is 5.92 Å². The zero-order valence-electron chi connectivity index (χ0n) is 22.6. The van der Waals surface area contributed by atoms with Crippen LogP contribution in [0.2, 0.25) is 0 Å². The smallest absolute Gasteiger partial charge is 0.312 e. The maximum Gasteiger partial charge on any atom is 0.312 e. The summed E-state index contributed by atoms with van der Waals surface area (Å²) in [7, 11) is 4.29. The lowest BCUT2D eigenvalue weighted by atomic mass is 9.70. The summed E-state index contributed by atoms with van der Waals surface area (Å²) in [6.45, 7) is 0.433. The Kier molecular flexibility index (Phi) is 7.86. The van der Waals surface area contributed by atoms with E-state index in [1.165, 1.54) is 14.2 Å². The molecule has 0 spiro atoms. The van der Waals surface area contributed by atoms with Crippen molar-refractivity contribution in [3.05, 3.63) is 83.4 Å². The molecule has 3 aromatic carbocycles. The van der Waals surface area contributed by atoms with E-state index in [1.54, 1.807) is 43.5 Å². The normalized spacial score (nSPS) is 26.4. The molecule has 3 aromatic rings. The molecule has 0 saturated heterocycles. The van der Waals surface area contributed by atoms with Gasteiger partial charge >= 0.3 is 5.97 Å². The number of carbonyl (C=O) groups is 1. The lowest BCUT2D eigenvalue weighted by Gasteiger charge is -2.40. The van der Waals surface area contributed by atoms with Crippen LogP contribution in [-0.4, -0.2) is 56.1 Å². The molecule has 1 aliphatic heterocycles. The first-order valence-corrected chi connectivity index (χ1v) is 13.7. The number of carbonyl (C=O) groups excluding carboxylic acids is 1. The molecule has 1 fully saturated rings. The Morgan fingerprint density at radius 1 is 0.975 bits per heavy atom. The van der Waals surface area contributed by atoms with Crippen LogP contribution in [0, 0.1) is 5.92 Å². The third-order valence-electron chi connectivity index (χ3n) is 7.99. The van der Waals surface area contributed by atoms with E-state index >= 15 is 0 Å². The van der Waals surface area contributed by atoms with Gasteiger partial charge in [-0.1, -0.05) is 42.5 Å². The van der Waals surface area contributed by atoms with Gasteiger partial charge in [0.15, 0.2) is 11.2 Å². The molecule has 212 valence electrons. The van der Waals surface area contributed by atoms with Crippen LogP contribution < -0.4 is 18.9 Å². The van der Waals surface area contributed by atoms with Gasteiger partial charge < -0.3 is 33.9 Å². The minimum Gasteiger partial charge on any atom is -0.497 e. The van der Waals surface area contributed by atoms with Crippen molar-refractivity contribution in [1.29, 1.82) is 0 Å². The molecular weight excluding hydrogens is 536 g/mol. The van der Waals surface area contributed by atoms with Crippen molar-refractivity contribution in [2.45, 2.75) is 36.1 Å². The number of aliphatic hydroxyl groups is 2. The van der Waals surface area contributed by atoms with Crippen LogP contribution >= 0.6 is 11.6 Å². The van der Waals surface area contributed by atoms with Gasteiger partial charge in [0.05, 0.1) is 39.4 Å². The third-order valence-corrected chi connectivity index (χ3v) is 8.26. The van der Waals surface area contributed by atoms with Gasteiger partial charge in [0.25, 0.3) is 0 Å². The van der Waals surface area contributed by atoms with Crippen LogP contribution in [-0.2, 0) is 20.7 Å². The number of hydrogen-bond donors (Lipinski definition) is 2. The fourth-order valence-corrected chi connectivity index (χ4v) is 6.44.